The lowest BCUT2D eigenvalue weighted by molar-refractivity contribution is 0.280. The summed E-state index contributed by atoms with van der Waals surface area (Å²) in [5.74, 6) is 0.586. The molecule has 0 amide bonds. The number of hydrogen-bond donors (Lipinski definition) is 1. The fourth-order valence-electron chi connectivity index (χ4n) is 1.10. The van der Waals surface area contributed by atoms with E-state index in [9.17, 15) is 0 Å². The Morgan fingerprint density at radius 1 is 1.12 bits per heavy atom. The molecule has 0 aliphatic heterocycles. The smallest absolute Gasteiger partial charge is 0.321 e. The van der Waals surface area contributed by atoms with Crippen LogP contribution in [0.25, 0.3) is 0 Å². The van der Waals surface area contributed by atoms with E-state index in [1.807, 2.05) is 13.0 Å². The van der Waals surface area contributed by atoms with Crippen LogP contribution >= 0.6 is 0 Å². The van der Waals surface area contributed by atoms with Gasteiger partial charge in [0.25, 0.3) is 0 Å². The van der Waals surface area contributed by atoms with Gasteiger partial charge in [-0.15, -0.1) is 0 Å². The van der Waals surface area contributed by atoms with Crippen molar-refractivity contribution in [2.24, 2.45) is 0 Å². The predicted octanol–water partition coefficient (Wildman–Crippen LogP) is 1.46. The molecule has 2 aromatic rings. The Labute approximate surface area is 92.8 Å². The molecule has 0 aliphatic carbocycles. The summed E-state index contributed by atoms with van der Waals surface area (Å²) < 4.78 is 5.37. The number of ether oxygens (including phenoxy) is 1. The predicted molar refractivity (Wildman–Crippen MR) is 57.0 cm³/mol. The molecule has 0 bridgehead atoms. The quantitative estimate of drug-likeness (QED) is 0.843. The monoisotopic (exact) mass is 217 g/mol. The lowest BCUT2D eigenvalue weighted by atomic mass is 10.4. The molecule has 16 heavy (non-hydrogen) atoms. The first-order valence-electron chi connectivity index (χ1n) is 4.80. The van der Waals surface area contributed by atoms with Crippen LogP contribution in [0, 0.1) is 6.92 Å². The van der Waals surface area contributed by atoms with E-state index in [0.717, 1.165) is 5.69 Å². The molecule has 5 heteroatoms. The molecule has 0 saturated heterocycles. The van der Waals surface area contributed by atoms with Crippen LogP contribution in [0.15, 0.2) is 30.7 Å². The first-order valence-corrected chi connectivity index (χ1v) is 4.80. The van der Waals surface area contributed by atoms with Crippen molar-refractivity contribution in [2.45, 2.75) is 13.5 Å². The molecule has 2 aromatic heterocycles. The number of aromatic nitrogens is 3. The third-order valence-electron chi connectivity index (χ3n) is 1.96. The molecule has 0 atom stereocenters. The van der Waals surface area contributed by atoms with Gasteiger partial charge in [0, 0.05) is 23.7 Å². The van der Waals surface area contributed by atoms with Gasteiger partial charge in [0.15, 0.2) is 0 Å². The van der Waals surface area contributed by atoms with Crippen molar-refractivity contribution in [2.75, 3.05) is 0 Å². The van der Waals surface area contributed by atoms with E-state index in [0.29, 0.717) is 11.3 Å². The number of aliphatic hydroxyl groups is 1. The second-order valence-corrected chi connectivity index (χ2v) is 3.27. The molecule has 0 aliphatic rings. The second kappa shape index (κ2) is 4.67. The maximum absolute atomic E-state index is 8.82. The standard InChI is InChI=1S/C11H11N3O2/c1-8-2-3-10(6-12-8)16-11-13-4-9(7-15)5-14-11/h2-6,15H,7H2,1H3. The van der Waals surface area contributed by atoms with Gasteiger partial charge in [-0.25, -0.2) is 9.97 Å². The molecule has 82 valence electrons. The molecule has 0 fully saturated rings. The van der Waals surface area contributed by atoms with Gasteiger partial charge in [0.1, 0.15) is 5.75 Å². The number of rotatable bonds is 3. The number of aliphatic hydroxyl groups excluding tert-OH is 1. The molecule has 0 radical (unpaired) electrons. The molecule has 2 rings (SSSR count). The second-order valence-electron chi connectivity index (χ2n) is 3.27. The average molecular weight is 217 g/mol. The van der Waals surface area contributed by atoms with E-state index in [2.05, 4.69) is 15.0 Å². The van der Waals surface area contributed by atoms with Gasteiger partial charge in [0.05, 0.1) is 12.8 Å². The van der Waals surface area contributed by atoms with E-state index in [1.165, 1.54) is 12.4 Å². The topological polar surface area (TPSA) is 68.1 Å². The van der Waals surface area contributed by atoms with Crippen LogP contribution < -0.4 is 4.74 Å². The van der Waals surface area contributed by atoms with Crippen LogP contribution in [-0.2, 0) is 6.61 Å². The van der Waals surface area contributed by atoms with Crippen molar-refractivity contribution >= 4 is 0 Å². The maximum atomic E-state index is 8.82. The van der Waals surface area contributed by atoms with Gasteiger partial charge in [0.2, 0.25) is 0 Å². The Hall–Kier alpha value is -2.01. The van der Waals surface area contributed by atoms with Crippen molar-refractivity contribution in [3.8, 4) is 11.8 Å². The van der Waals surface area contributed by atoms with Crippen LogP contribution in [-0.4, -0.2) is 20.1 Å². The Morgan fingerprint density at radius 2 is 1.88 bits per heavy atom. The Kier molecular flexibility index (Phi) is 3.07. The molecule has 2 heterocycles. The molecule has 0 saturated carbocycles. The van der Waals surface area contributed by atoms with Crippen molar-refractivity contribution < 1.29 is 9.84 Å². The van der Waals surface area contributed by atoms with Gasteiger partial charge in [-0.3, -0.25) is 4.98 Å². The number of nitrogens with zero attached hydrogens (tertiary/aromatic N) is 3. The lowest BCUT2D eigenvalue weighted by Crippen LogP contribution is -1.94. The minimum absolute atomic E-state index is 0.0770. The third kappa shape index (κ3) is 2.52. The first-order chi connectivity index (χ1) is 7.78. The number of hydrogen-bond acceptors (Lipinski definition) is 5. The summed E-state index contributed by atoms with van der Waals surface area (Å²) in [7, 11) is 0. The zero-order chi connectivity index (χ0) is 11.4. The molecule has 0 spiro atoms. The summed E-state index contributed by atoms with van der Waals surface area (Å²) in [6, 6.07) is 3.88. The summed E-state index contributed by atoms with van der Waals surface area (Å²) >= 11 is 0. The van der Waals surface area contributed by atoms with E-state index >= 15 is 0 Å². The van der Waals surface area contributed by atoms with Gasteiger partial charge in [-0.05, 0) is 19.1 Å². The third-order valence-corrected chi connectivity index (χ3v) is 1.96. The average Bonchev–Trinajstić information content (AvgIpc) is 2.33. The number of pyridine rings is 1. The zero-order valence-corrected chi connectivity index (χ0v) is 8.79. The summed E-state index contributed by atoms with van der Waals surface area (Å²) in [6.07, 6.45) is 4.65. The fourth-order valence-corrected chi connectivity index (χ4v) is 1.10. The highest BCUT2D eigenvalue weighted by atomic mass is 16.5. The van der Waals surface area contributed by atoms with Crippen molar-refractivity contribution in [1.82, 2.24) is 15.0 Å². The van der Waals surface area contributed by atoms with Crippen LogP contribution in [0.3, 0.4) is 0 Å². The molecule has 5 nitrogen and oxygen atoms in total. The van der Waals surface area contributed by atoms with E-state index in [1.54, 1.807) is 12.3 Å². The van der Waals surface area contributed by atoms with Gasteiger partial charge in [-0.2, -0.15) is 0 Å². The molecule has 1 N–H and O–H groups in total. The summed E-state index contributed by atoms with van der Waals surface area (Å²) in [6.45, 7) is 1.82. The largest absolute Gasteiger partial charge is 0.423 e. The minimum atomic E-state index is -0.0770. The fraction of sp³-hybridized carbons (Fsp3) is 0.182. The van der Waals surface area contributed by atoms with Crippen LogP contribution in [0.2, 0.25) is 0 Å². The Balaban J connectivity index is 2.11. The van der Waals surface area contributed by atoms with E-state index in [-0.39, 0.29) is 12.6 Å². The van der Waals surface area contributed by atoms with Crippen molar-refractivity contribution in [3.63, 3.8) is 0 Å². The highest BCUT2D eigenvalue weighted by Crippen LogP contribution is 2.15. The van der Waals surface area contributed by atoms with E-state index < -0.39 is 0 Å². The normalized spacial score (nSPS) is 10.1. The Bertz CT molecular complexity index is 454. The highest BCUT2D eigenvalue weighted by Gasteiger charge is 2.00. The van der Waals surface area contributed by atoms with Crippen molar-refractivity contribution in [3.05, 3.63) is 42.0 Å². The first kappa shape index (κ1) is 10.5. The van der Waals surface area contributed by atoms with Gasteiger partial charge >= 0.3 is 6.01 Å². The lowest BCUT2D eigenvalue weighted by Gasteiger charge is -2.03. The zero-order valence-electron chi connectivity index (χ0n) is 8.79. The van der Waals surface area contributed by atoms with Crippen LogP contribution in [0.4, 0.5) is 0 Å². The van der Waals surface area contributed by atoms with Crippen LogP contribution in [0.5, 0.6) is 11.8 Å². The van der Waals surface area contributed by atoms with Gasteiger partial charge < -0.3 is 9.84 Å². The summed E-state index contributed by atoms with van der Waals surface area (Å²) in [5.41, 5.74) is 1.57. The summed E-state index contributed by atoms with van der Waals surface area (Å²) in [4.78, 5) is 12.0. The molecule has 0 aromatic carbocycles. The SMILES string of the molecule is Cc1ccc(Oc2ncc(CO)cn2)cn1. The molecular formula is C11H11N3O2. The van der Waals surface area contributed by atoms with E-state index in [4.69, 9.17) is 9.84 Å². The molecule has 0 unspecified atom stereocenters. The summed E-state index contributed by atoms with van der Waals surface area (Å²) in [5, 5.41) is 8.82. The van der Waals surface area contributed by atoms with Crippen LogP contribution in [0.1, 0.15) is 11.3 Å². The number of aryl methyl sites for hydroxylation is 1. The van der Waals surface area contributed by atoms with Gasteiger partial charge in [-0.1, -0.05) is 0 Å². The highest BCUT2D eigenvalue weighted by molar-refractivity contribution is 5.22. The van der Waals surface area contributed by atoms with Crippen molar-refractivity contribution in [1.29, 1.82) is 0 Å². The molecular weight excluding hydrogens is 206 g/mol. The maximum Gasteiger partial charge on any atom is 0.321 e. The Morgan fingerprint density at radius 3 is 2.44 bits per heavy atom. The minimum Gasteiger partial charge on any atom is -0.423 e.